The number of nitrogens with zero attached hydrogens (tertiary/aromatic N) is 3. The summed E-state index contributed by atoms with van der Waals surface area (Å²) in [6, 6.07) is 11.8. The van der Waals surface area contributed by atoms with Crippen LogP contribution in [0.3, 0.4) is 0 Å². The van der Waals surface area contributed by atoms with E-state index < -0.39 is 0 Å². The normalized spacial score (nSPS) is 14.9. The van der Waals surface area contributed by atoms with E-state index in [2.05, 4.69) is 47.1 Å². The highest BCUT2D eigenvalue weighted by atomic mass is 16.5. The Balaban J connectivity index is 1.53. The van der Waals surface area contributed by atoms with Crippen molar-refractivity contribution in [1.82, 2.24) is 15.2 Å². The van der Waals surface area contributed by atoms with Crippen LogP contribution in [0.4, 0.5) is 5.82 Å². The second-order valence-corrected chi connectivity index (χ2v) is 7.57. The van der Waals surface area contributed by atoms with Crippen molar-refractivity contribution in [2.24, 2.45) is 0 Å². The van der Waals surface area contributed by atoms with Gasteiger partial charge >= 0.3 is 0 Å². The minimum atomic E-state index is -0.136. The summed E-state index contributed by atoms with van der Waals surface area (Å²) in [5.74, 6) is 1.97. The van der Waals surface area contributed by atoms with Gasteiger partial charge in [0.15, 0.2) is 6.61 Å². The summed E-state index contributed by atoms with van der Waals surface area (Å²) in [7, 11) is 2.13. The maximum Gasteiger partial charge on any atom is 0.258 e. The van der Waals surface area contributed by atoms with E-state index in [1.807, 2.05) is 36.5 Å². The topological polar surface area (TPSA) is 57.7 Å². The molecule has 0 atom stereocenters. The van der Waals surface area contributed by atoms with Crippen molar-refractivity contribution < 1.29 is 9.53 Å². The van der Waals surface area contributed by atoms with Crippen LogP contribution in [-0.4, -0.2) is 55.6 Å². The highest BCUT2D eigenvalue weighted by molar-refractivity contribution is 5.77. The fourth-order valence-corrected chi connectivity index (χ4v) is 3.23. The van der Waals surface area contributed by atoms with Gasteiger partial charge in [0, 0.05) is 44.5 Å². The van der Waals surface area contributed by atoms with Crippen molar-refractivity contribution in [3.63, 3.8) is 0 Å². The summed E-state index contributed by atoms with van der Waals surface area (Å²) in [4.78, 5) is 21.4. The predicted molar refractivity (Wildman–Crippen MR) is 112 cm³/mol. The van der Waals surface area contributed by atoms with Crippen LogP contribution in [-0.2, 0) is 11.3 Å². The Morgan fingerprint density at radius 3 is 2.71 bits per heavy atom. The van der Waals surface area contributed by atoms with Crippen molar-refractivity contribution in [3.8, 4) is 5.75 Å². The SMILES string of the molecule is CC(C)c1cccc(OCC(=O)NCc2cccnc2N2CCN(C)CC2)c1. The first-order valence-corrected chi connectivity index (χ1v) is 9.90. The molecule has 2 heterocycles. The van der Waals surface area contributed by atoms with Gasteiger partial charge in [0.1, 0.15) is 11.6 Å². The average molecular weight is 383 g/mol. The summed E-state index contributed by atoms with van der Waals surface area (Å²) in [6.07, 6.45) is 1.81. The molecule has 1 fully saturated rings. The van der Waals surface area contributed by atoms with E-state index in [0.717, 1.165) is 43.3 Å². The van der Waals surface area contributed by atoms with Crippen LogP contribution < -0.4 is 15.0 Å². The standard InChI is InChI=1S/C22H30N4O2/c1-17(2)18-6-4-8-20(14-18)28-16-21(27)24-15-19-7-5-9-23-22(19)26-12-10-25(3)11-13-26/h4-9,14,17H,10-13,15-16H2,1-3H3,(H,24,27). The number of hydrogen-bond donors (Lipinski definition) is 1. The van der Waals surface area contributed by atoms with Crippen LogP contribution in [0.1, 0.15) is 30.9 Å². The van der Waals surface area contributed by atoms with Crippen LogP contribution in [0.25, 0.3) is 0 Å². The number of piperazine rings is 1. The zero-order valence-corrected chi connectivity index (χ0v) is 17.0. The Labute approximate surface area is 167 Å². The van der Waals surface area contributed by atoms with Crippen LogP contribution in [0.2, 0.25) is 0 Å². The highest BCUT2D eigenvalue weighted by Crippen LogP contribution is 2.20. The molecule has 0 unspecified atom stereocenters. The third-order valence-corrected chi connectivity index (χ3v) is 5.04. The van der Waals surface area contributed by atoms with Crippen molar-refractivity contribution in [3.05, 3.63) is 53.7 Å². The molecule has 0 bridgehead atoms. The van der Waals surface area contributed by atoms with Gasteiger partial charge in [0.2, 0.25) is 0 Å². The number of pyridine rings is 1. The van der Waals surface area contributed by atoms with Gasteiger partial charge in [0.25, 0.3) is 5.91 Å². The van der Waals surface area contributed by atoms with Gasteiger partial charge in [-0.05, 0) is 36.7 Å². The van der Waals surface area contributed by atoms with Gasteiger partial charge < -0.3 is 19.9 Å². The second-order valence-electron chi connectivity index (χ2n) is 7.57. The van der Waals surface area contributed by atoms with E-state index >= 15 is 0 Å². The molecule has 0 radical (unpaired) electrons. The Kier molecular flexibility index (Phi) is 6.87. The highest BCUT2D eigenvalue weighted by Gasteiger charge is 2.18. The van der Waals surface area contributed by atoms with Gasteiger partial charge in [-0.1, -0.05) is 32.0 Å². The fourth-order valence-electron chi connectivity index (χ4n) is 3.23. The third-order valence-electron chi connectivity index (χ3n) is 5.04. The minimum absolute atomic E-state index is 0.00561. The average Bonchev–Trinajstić information content (AvgIpc) is 2.72. The van der Waals surface area contributed by atoms with E-state index in [0.29, 0.717) is 12.5 Å². The quantitative estimate of drug-likeness (QED) is 0.798. The number of carbonyl (C=O) groups excluding carboxylic acids is 1. The lowest BCUT2D eigenvalue weighted by Crippen LogP contribution is -2.45. The molecule has 1 N–H and O–H groups in total. The largest absolute Gasteiger partial charge is 0.484 e. The number of nitrogens with one attached hydrogen (secondary N) is 1. The van der Waals surface area contributed by atoms with E-state index in [9.17, 15) is 4.79 Å². The molecule has 1 aliphatic heterocycles. The van der Waals surface area contributed by atoms with Gasteiger partial charge in [-0.3, -0.25) is 4.79 Å². The molecule has 150 valence electrons. The molecule has 1 aromatic carbocycles. The van der Waals surface area contributed by atoms with Crippen LogP contribution >= 0.6 is 0 Å². The van der Waals surface area contributed by atoms with Crippen molar-refractivity contribution in [1.29, 1.82) is 0 Å². The first-order chi connectivity index (χ1) is 13.5. The molecule has 1 aromatic heterocycles. The lowest BCUT2D eigenvalue weighted by molar-refractivity contribution is -0.123. The molecular weight excluding hydrogens is 352 g/mol. The number of carbonyl (C=O) groups is 1. The fraction of sp³-hybridized carbons (Fsp3) is 0.455. The Morgan fingerprint density at radius 1 is 1.18 bits per heavy atom. The molecule has 28 heavy (non-hydrogen) atoms. The lowest BCUT2D eigenvalue weighted by Gasteiger charge is -2.34. The van der Waals surface area contributed by atoms with Crippen LogP contribution in [0.5, 0.6) is 5.75 Å². The monoisotopic (exact) mass is 382 g/mol. The second kappa shape index (κ2) is 9.55. The molecule has 6 heteroatoms. The first kappa shape index (κ1) is 20.1. The van der Waals surface area contributed by atoms with Crippen LogP contribution in [0.15, 0.2) is 42.6 Å². The molecule has 0 saturated carbocycles. The summed E-state index contributed by atoms with van der Waals surface area (Å²) in [6.45, 7) is 8.66. The predicted octanol–water partition coefficient (Wildman–Crippen LogP) is 2.65. The van der Waals surface area contributed by atoms with E-state index in [1.54, 1.807) is 0 Å². The molecular formula is C22H30N4O2. The number of likely N-dealkylation sites (N-methyl/N-ethyl adjacent to an activating group) is 1. The van der Waals surface area contributed by atoms with Crippen molar-refractivity contribution in [2.75, 3.05) is 44.7 Å². The minimum Gasteiger partial charge on any atom is -0.484 e. The molecule has 0 spiro atoms. The summed E-state index contributed by atoms with van der Waals surface area (Å²) < 4.78 is 5.66. The molecule has 2 aromatic rings. The maximum absolute atomic E-state index is 12.3. The Morgan fingerprint density at radius 2 is 1.96 bits per heavy atom. The summed E-state index contributed by atoms with van der Waals surface area (Å²) >= 11 is 0. The van der Waals surface area contributed by atoms with E-state index in [-0.39, 0.29) is 12.5 Å². The number of rotatable bonds is 7. The third kappa shape index (κ3) is 5.45. The Bertz CT molecular complexity index is 786. The van der Waals surface area contributed by atoms with Gasteiger partial charge in [-0.25, -0.2) is 4.98 Å². The molecule has 1 amide bonds. The van der Waals surface area contributed by atoms with E-state index in [4.69, 9.17) is 4.74 Å². The number of aromatic nitrogens is 1. The van der Waals surface area contributed by atoms with Gasteiger partial charge in [0.05, 0.1) is 0 Å². The molecule has 1 aliphatic rings. The molecule has 6 nitrogen and oxygen atoms in total. The van der Waals surface area contributed by atoms with Crippen LogP contribution in [0, 0.1) is 0 Å². The molecule has 0 aliphatic carbocycles. The lowest BCUT2D eigenvalue weighted by atomic mass is 10.0. The van der Waals surface area contributed by atoms with Crippen molar-refractivity contribution >= 4 is 11.7 Å². The molecule has 3 rings (SSSR count). The number of hydrogen-bond acceptors (Lipinski definition) is 5. The number of benzene rings is 1. The zero-order chi connectivity index (χ0) is 19.9. The van der Waals surface area contributed by atoms with Crippen molar-refractivity contribution in [2.45, 2.75) is 26.3 Å². The Hall–Kier alpha value is -2.60. The van der Waals surface area contributed by atoms with Gasteiger partial charge in [-0.2, -0.15) is 0 Å². The van der Waals surface area contributed by atoms with Gasteiger partial charge in [-0.15, -0.1) is 0 Å². The number of anilines is 1. The smallest absolute Gasteiger partial charge is 0.258 e. The zero-order valence-electron chi connectivity index (χ0n) is 17.0. The first-order valence-electron chi connectivity index (χ1n) is 9.90. The maximum atomic E-state index is 12.3. The summed E-state index contributed by atoms with van der Waals surface area (Å²) in [5.41, 5.74) is 2.23. The van der Waals surface area contributed by atoms with E-state index in [1.165, 1.54) is 5.56 Å². The summed E-state index contributed by atoms with van der Waals surface area (Å²) in [5, 5.41) is 2.95. The number of ether oxygens (including phenoxy) is 1. The number of amides is 1. The molecule has 1 saturated heterocycles.